The summed E-state index contributed by atoms with van der Waals surface area (Å²) in [5.74, 6) is 1.31. The number of aliphatic hydroxyl groups excluding tert-OH is 2. The summed E-state index contributed by atoms with van der Waals surface area (Å²) < 4.78 is 5.59. The number of methoxy groups -OCH3 is 1. The number of fused-ring (bicyclic) bond motifs is 1. The summed E-state index contributed by atoms with van der Waals surface area (Å²) in [6, 6.07) is 15.4. The van der Waals surface area contributed by atoms with Crippen LogP contribution in [0.3, 0.4) is 0 Å². The average molecular weight is 418 g/mol. The van der Waals surface area contributed by atoms with Gasteiger partial charge in [-0.15, -0.1) is 0 Å². The zero-order valence-corrected chi connectivity index (χ0v) is 17.6. The van der Waals surface area contributed by atoms with Gasteiger partial charge in [0.1, 0.15) is 23.5 Å². The lowest BCUT2D eigenvalue weighted by Crippen LogP contribution is -2.15. The molecule has 0 radical (unpaired) electrons. The van der Waals surface area contributed by atoms with E-state index < -0.39 is 0 Å². The fourth-order valence-corrected chi connectivity index (χ4v) is 3.81. The fraction of sp³-hybridized carbons (Fsp3) is 0.250. The van der Waals surface area contributed by atoms with E-state index in [1.165, 1.54) is 6.33 Å². The van der Waals surface area contributed by atoms with Gasteiger partial charge in [0, 0.05) is 5.56 Å². The second kappa shape index (κ2) is 9.16. The second-order valence-corrected chi connectivity index (χ2v) is 7.29. The Morgan fingerprint density at radius 3 is 2.55 bits per heavy atom. The summed E-state index contributed by atoms with van der Waals surface area (Å²) in [4.78, 5) is 12.1. The predicted octanol–water partition coefficient (Wildman–Crippen LogP) is 3.83. The van der Waals surface area contributed by atoms with Gasteiger partial charge in [0.05, 0.1) is 37.4 Å². The van der Waals surface area contributed by atoms with Crippen LogP contribution in [0.5, 0.6) is 5.75 Å². The highest BCUT2D eigenvalue weighted by atomic mass is 16.5. The summed E-state index contributed by atoms with van der Waals surface area (Å²) in [5.41, 5.74) is 5.31. The Labute approximate surface area is 180 Å². The summed E-state index contributed by atoms with van der Waals surface area (Å²) >= 11 is 0. The lowest BCUT2D eigenvalue weighted by Gasteiger charge is -2.17. The van der Waals surface area contributed by atoms with Crippen molar-refractivity contribution in [2.75, 3.05) is 19.0 Å². The number of aromatic nitrogens is 3. The minimum atomic E-state index is -0.289. The number of hydrogen-bond acceptors (Lipinski definition) is 6. The molecule has 160 valence electrons. The molecule has 0 amide bonds. The Balaban J connectivity index is 1.76. The van der Waals surface area contributed by atoms with E-state index in [0.29, 0.717) is 17.2 Å². The molecule has 7 heteroatoms. The van der Waals surface area contributed by atoms with Crippen molar-refractivity contribution in [2.24, 2.45) is 0 Å². The third-order valence-corrected chi connectivity index (χ3v) is 5.48. The van der Waals surface area contributed by atoms with E-state index >= 15 is 0 Å². The van der Waals surface area contributed by atoms with Gasteiger partial charge in [-0.3, -0.25) is 0 Å². The first-order valence-corrected chi connectivity index (χ1v) is 10.3. The molecule has 1 atom stereocenters. The monoisotopic (exact) mass is 418 g/mol. The minimum Gasteiger partial charge on any atom is -0.496 e. The molecule has 0 fully saturated rings. The van der Waals surface area contributed by atoms with E-state index in [-0.39, 0.29) is 19.3 Å². The molecular formula is C24H26N4O3. The van der Waals surface area contributed by atoms with Crippen molar-refractivity contribution in [2.45, 2.75) is 26.0 Å². The van der Waals surface area contributed by atoms with Crippen molar-refractivity contribution in [3.8, 4) is 17.0 Å². The Morgan fingerprint density at radius 1 is 1.06 bits per heavy atom. The molecule has 2 heterocycles. The molecule has 7 nitrogen and oxygen atoms in total. The van der Waals surface area contributed by atoms with Gasteiger partial charge >= 0.3 is 0 Å². The number of aromatic amines is 1. The number of nitrogens with zero attached hydrogens (tertiary/aromatic N) is 2. The van der Waals surface area contributed by atoms with Crippen molar-refractivity contribution in [1.82, 2.24) is 15.0 Å². The van der Waals surface area contributed by atoms with Gasteiger partial charge < -0.3 is 25.3 Å². The van der Waals surface area contributed by atoms with Crippen LogP contribution in [0.25, 0.3) is 22.3 Å². The molecule has 0 aliphatic carbocycles. The summed E-state index contributed by atoms with van der Waals surface area (Å²) in [7, 11) is 1.62. The zero-order chi connectivity index (χ0) is 21.8. The predicted molar refractivity (Wildman–Crippen MR) is 121 cm³/mol. The van der Waals surface area contributed by atoms with Crippen LogP contribution in [0.15, 0.2) is 54.9 Å². The minimum absolute atomic E-state index is 0.0336. The number of benzene rings is 2. The molecular weight excluding hydrogens is 392 g/mol. The van der Waals surface area contributed by atoms with E-state index in [2.05, 4.69) is 27.2 Å². The molecule has 0 aliphatic rings. The van der Waals surface area contributed by atoms with Gasteiger partial charge in [-0.05, 0) is 41.3 Å². The number of aliphatic hydroxyl groups is 2. The average Bonchev–Trinajstić information content (AvgIpc) is 3.27. The van der Waals surface area contributed by atoms with Gasteiger partial charge in [0.25, 0.3) is 0 Å². The Morgan fingerprint density at radius 2 is 1.87 bits per heavy atom. The maximum absolute atomic E-state index is 9.92. The van der Waals surface area contributed by atoms with Gasteiger partial charge in [-0.1, -0.05) is 37.3 Å². The molecule has 4 rings (SSSR count). The number of nitrogens with one attached hydrogen (secondary N) is 2. The van der Waals surface area contributed by atoms with Gasteiger partial charge in [-0.2, -0.15) is 0 Å². The number of rotatable bonds is 8. The zero-order valence-electron chi connectivity index (χ0n) is 17.6. The molecule has 0 saturated heterocycles. The summed E-state index contributed by atoms with van der Waals surface area (Å²) in [6.07, 6.45) is 2.29. The highest BCUT2D eigenvalue weighted by molar-refractivity contribution is 5.92. The highest BCUT2D eigenvalue weighted by Gasteiger charge is 2.17. The molecule has 0 bridgehead atoms. The Bertz CT molecular complexity index is 1170. The van der Waals surface area contributed by atoms with Gasteiger partial charge in [0.15, 0.2) is 0 Å². The summed E-state index contributed by atoms with van der Waals surface area (Å²) in [6.45, 7) is 1.96. The van der Waals surface area contributed by atoms with Crippen molar-refractivity contribution in [3.63, 3.8) is 0 Å². The van der Waals surface area contributed by atoms with Crippen LogP contribution in [-0.4, -0.2) is 38.9 Å². The van der Waals surface area contributed by atoms with E-state index in [9.17, 15) is 10.2 Å². The Hall–Kier alpha value is -3.42. The third kappa shape index (κ3) is 4.10. The number of ether oxygens (including phenoxy) is 1. The maximum Gasteiger partial charge on any atom is 0.143 e. The first-order chi connectivity index (χ1) is 15.2. The van der Waals surface area contributed by atoms with Crippen LogP contribution in [0.1, 0.15) is 29.7 Å². The first kappa shape index (κ1) is 20.8. The number of hydrogen-bond donors (Lipinski definition) is 4. The van der Waals surface area contributed by atoms with Gasteiger partial charge in [0.2, 0.25) is 0 Å². The first-order valence-electron chi connectivity index (χ1n) is 10.3. The van der Waals surface area contributed by atoms with Crippen LogP contribution in [-0.2, 0) is 13.0 Å². The number of anilines is 1. The smallest absolute Gasteiger partial charge is 0.143 e. The van der Waals surface area contributed by atoms with E-state index in [0.717, 1.165) is 39.8 Å². The molecule has 0 saturated carbocycles. The highest BCUT2D eigenvalue weighted by Crippen LogP contribution is 2.36. The van der Waals surface area contributed by atoms with Crippen molar-refractivity contribution in [3.05, 3.63) is 71.5 Å². The van der Waals surface area contributed by atoms with Crippen LogP contribution in [0, 0.1) is 0 Å². The molecule has 0 spiro atoms. The van der Waals surface area contributed by atoms with E-state index in [4.69, 9.17) is 4.74 Å². The van der Waals surface area contributed by atoms with Crippen molar-refractivity contribution >= 4 is 16.9 Å². The quantitative estimate of drug-likeness (QED) is 0.347. The topological polar surface area (TPSA) is 103 Å². The molecule has 0 unspecified atom stereocenters. The molecule has 2 aromatic heterocycles. The Kier molecular flexibility index (Phi) is 6.16. The van der Waals surface area contributed by atoms with E-state index in [1.807, 2.05) is 48.5 Å². The standard InChI is InChI=1S/C24H26N4O3/c1-3-15-9-18(22(31-2)10-17(15)12-29)20-11-19-23(27-20)25-14-26-24(19)28-21(13-30)16-7-5-4-6-8-16/h4-11,14,21,29-30H,3,12-13H2,1-2H3,(H2,25,26,27,28)/t21-/m1/s1. The maximum atomic E-state index is 9.92. The SMILES string of the molecule is CCc1cc(-c2cc3c(N[C@H](CO)c4ccccc4)ncnc3[nH]2)c(OC)cc1CO. The largest absolute Gasteiger partial charge is 0.496 e. The summed E-state index contributed by atoms with van der Waals surface area (Å²) in [5, 5.41) is 23.7. The molecule has 4 aromatic rings. The van der Waals surface area contributed by atoms with Gasteiger partial charge in [-0.25, -0.2) is 9.97 Å². The van der Waals surface area contributed by atoms with Crippen LogP contribution < -0.4 is 10.1 Å². The lowest BCUT2D eigenvalue weighted by atomic mass is 9.99. The number of aryl methyl sites for hydroxylation is 1. The fourth-order valence-electron chi connectivity index (χ4n) is 3.81. The van der Waals surface area contributed by atoms with Crippen LogP contribution in [0.4, 0.5) is 5.82 Å². The lowest BCUT2D eigenvalue weighted by molar-refractivity contribution is 0.276. The second-order valence-electron chi connectivity index (χ2n) is 7.29. The van der Waals surface area contributed by atoms with Crippen molar-refractivity contribution < 1.29 is 14.9 Å². The van der Waals surface area contributed by atoms with Crippen LogP contribution >= 0.6 is 0 Å². The molecule has 4 N–H and O–H groups in total. The van der Waals surface area contributed by atoms with Crippen molar-refractivity contribution in [1.29, 1.82) is 0 Å². The van der Waals surface area contributed by atoms with Crippen LogP contribution in [0.2, 0.25) is 0 Å². The third-order valence-electron chi connectivity index (χ3n) is 5.48. The molecule has 0 aliphatic heterocycles. The van der Waals surface area contributed by atoms with E-state index in [1.54, 1.807) is 7.11 Å². The number of H-pyrrole nitrogens is 1. The molecule has 2 aromatic carbocycles. The normalized spacial score (nSPS) is 12.1. The molecule has 31 heavy (non-hydrogen) atoms.